The molecule has 0 atom stereocenters. The minimum Gasteiger partial charge on any atom is -0.489 e. The molecule has 1 amide bonds. The molecule has 2 aromatic carbocycles. The average Bonchev–Trinajstić information content (AvgIpc) is 3.49. The van der Waals surface area contributed by atoms with E-state index >= 15 is 0 Å². The van der Waals surface area contributed by atoms with Crippen molar-refractivity contribution in [3.63, 3.8) is 0 Å². The number of amides is 1. The van der Waals surface area contributed by atoms with Crippen molar-refractivity contribution in [2.75, 3.05) is 0 Å². The van der Waals surface area contributed by atoms with Crippen LogP contribution in [0.1, 0.15) is 66.6 Å². The van der Waals surface area contributed by atoms with Crippen LogP contribution in [0, 0.1) is 12.8 Å². The Morgan fingerprint density at radius 3 is 2.52 bits per heavy atom. The molecule has 3 rings (SSSR count). The molecule has 0 bridgehead atoms. The standard InChI is InChI=1S/C23H28N2O2/c1-15(2)21-12-5-16(3)13-22(21)27-14-18-6-8-20(9-7-18)23(26)25-24-17(4)19-10-11-19/h5-9,12-13,15,19H,10-11,14H2,1-4H3,(H,25,26). The zero-order valence-corrected chi connectivity index (χ0v) is 16.6. The van der Waals surface area contributed by atoms with Crippen molar-refractivity contribution in [3.05, 3.63) is 64.7 Å². The van der Waals surface area contributed by atoms with E-state index in [0.29, 0.717) is 24.0 Å². The Balaban J connectivity index is 1.60. The van der Waals surface area contributed by atoms with Gasteiger partial charge in [0.05, 0.1) is 0 Å². The molecule has 2 aromatic rings. The fourth-order valence-corrected chi connectivity index (χ4v) is 2.95. The fourth-order valence-electron chi connectivity index (χ4n) is 2.95. The topological polar surface area (TPSA) is 50.7 Å². The van der Waals surface area contributed by atoms with Gasteiger partial charge >= 0.3 is 0 Å². The van der Waals surface area contributed by atoms with E-state index in [1.54, 1.807) is 0 Å². The van der Waals surface area contributed by atoms with Gasteiger partial charge in [-0.25, -0.2) is 5.43 Å². The van der Waals surface area contributed by atoms with Gasteiger partial charge in [-0.05, 0) is 73.4 Å². The predicted octanol–water partition coefficient (Wildman–Crippen LogP) is 5.21. The van der Waals surface area contributed by atoms with Gasteiger partial charge in [0.25, 0.3) is 5.91 Å². The van der Waals surface area contributed by atoms with Crippen LogP contribution < -0.4 is 10.2 Å². The van der Waals surface area contributed by atoms with Gasteiger partial charge in [-0.1, -0.05) is 38.1 Å². The van der Waals surface area contributed by atoms with E-state index in [9.17, 15) is 4.79 Å². The smallest absolute Gasteiger partial charge is 0.271 e. The Bertz CT molecular complexity index is 834. The Morgan fingerprint density at radius 2 is 1.89 bits per heavy atom. The highest BCUT2D eigenvalue weighted by molar-refractivity contribution is 5.95. The summed E-state index contributed by atoms with van der Waals surface area (Å²) < 4.78 is 6.06. The van der Waals surface area contributed by atoms with E-state index in [1.165, 1.54) is 24.0 Å². The van der Waals surface area contributed by atoms with E-state index < -0.39 is 0 Å². The van der Waals surface area contributed by atoms with Crippen LogP contribution in [-0.2, 0) is 6.61 Å². The molecule has 4 nitrogen and oxygen atoms in total. The van der Waals surface area contributed by atoms with Crippen molar-refractivity contribution in [1.82, 2.24) is 5.43 Å². The number of hydrazone groups is 1. The van der Waals surface area contributed by atoms with Gasteiger partial charge in [0, 0.05) is 11.3 Å². The maximum atomic E-state index is 12.2. The third kappa shape index (κ3) is 5.19. The SMILES string of the molecule is CC(=NNC(=O)c1ccc(COc2cc(C)ccc2C(C)C)cc1)C1CC1. The van der Waals surface area contributed by atoms with Crippen molar-refractivity contribution in [2.24, 2.45) is 11.0 Å². The first-order valence-electron chi connectivity index (χ1n) is 9.61. The number of ether oxygens (including phenoxy) is 1. The molecule has 1 saturated carbocycles. The van der Waals surface area contributed by atoms with E-state index in [4.69, 9.17) is 4.74 Å². The van der Waals surface area contributed by atoms with Gasteiger partial charge in [-0.2, -0.15) is 5.10 Å². The lowest BCUT2D eigenvalue weighted by Gasteiger charge is -2.15. The monoisotopic (exact) mass is 364 g/mol. The second kappa shape index (κ2) is 8.38. The molecule has 1 N–H and O–H groups in total. The summed E-state index contributed by atoms with van der Waals surface area (Å²) >= 11 is 0. The number of hydrogen-bond acceptors (Lipinski definition) is 3. The Kier molecular flexibility index (Phi) is 5.94. The molecule has 0 spiro atoms. The number of aryl methyl sites for hydroxylation is 1. The van der Waals surface area contributed by atoms with Crippen LogP contribution in [0.15, 0.2) is 47.6 Å². The third-order valence-corrected chi connectivity index (χ3v) is 4.90. The number of carbonyl (C=O) groups is 1. The highest BCUT2D eigenvalue weighted by atomic mass is 16.5. The molecule has 4 heteroatoms. The zero-order chi connectivity index (χ0) is 19.4. The molecule has 1 fully saturated rings. The first kappa shape index (κ1) is 19.2. The number of hydrogen-bond donors (Lipinski definition) is 1. The number of nitrogens with zero attached hydrogens (tertiary/aromatic N) is 1. The van der Waals surface area contributed by atoms with Gasteiger partial charge < -0.3 is 4.74 Å². The average molecular weight is 364 g/mol. The molecule has 1 aliphatic carbocycles. The number of nitrogens with one attached hydrogen (secondary N) is 1. The largest absolute Gasteiger partial charge is 0.489 e. The highest BCUT2D eigenvalue weighted by Gasteiger charge is 2.24. The summed E-state index contributed by atoms with van der Waals surface area (Å²) in [5.41, 5.74) is 7.67. The molecule has 0 saturated heterocycles. The van der Waals surface area contributed by atoms with Crippen LogP contribution in [0.2, 0.25) is 0 Å². The normalized spacial score (nSPS) is 14.3. The number of rotatable bonds is 7. The summed E-state index contributed by atoms with van der Waals surface area (Å²) in [7, 11) is 0. The molecule has 27 heavy (non-hydrogen) atoms. The molecular weight excluding hydrogens is 336 g/mol. The second-order valence-electron chi connectivity index (χ2n) is 7.65. The predicted molar refractivity (Wildman–Crippen MR) is 109 cm³/mol. The van der Waals surface area contributed by atoms with Gasteiger partial charge in [-0.3, -0.25) is 4.79 Å². The zero-order valence-electron chi connectivity index (χ0n) is 16.6. The number of carbonyl (C=O) groups excluding carboxylic acids is 1. The lowest BCUT2D eigenvalue weighted by atomic mass is 10.0. The summed E-state index contributed by atoms with van der Waals surface area (Å²) in [6.07, 6.45) is 2.36. The minimum atomic E-state index is -0.178. The summed E-state index contributed by atoms with van der Waals surface area (Å²) in [4.78, 5) is 12.2. The minimum absolute atomic E-state index is 0.178. The van der Waals surface area contributed by atoms with Crippen LogP contribution in [-0.4, -0.2) is 11.6 Å². The van der Waals surface area contributed by atoms with Gasteiger partial charge in [0.1, 0.15) is 12.4 Å². The Morgan fingerprint density at radius 1 is 1.19 bits per heavy atom. The molecule has 142 valence electrons. The maximum Gasteiger partial charge on any atom is 0.271 e. The van der Waals surface area contributed by atoms with Gasteiger partial charge in [-0.15, -0.1) is 0 Å². The van der Waals surface area contributed by atoms with Crippen LogP contribution in [0.3, 0.4) is 0 Å². The molecule has 0 aliphatic heterocycles. The van der Waals surface area contributed by atoms with E-state index in [2.05, 4.69) is 49.5 Å². The quantitative estimate of drug-likeness (QED) is 0.541. The van der Waals surface area contributed by atoms with Gasteiger partial charge in [0.15, 0.2) is 0 Å². The van der Waals surface area contributed by atoms with E-state index in [1.807, 2.05) is 31.2 Å². The van der Waals surface area contributed by atoms with Crippen LogP contribution in [0.25, 0.3) is 0 Å². The molecular formula is C23H28N2O2. The second-order valence-corrected chi connectivity index (χ2v) is 7.65. The molecule has 0 radical (unpaired) electrons. The molecule has 1 aliphatic rings. The molecule has 0 unspecified atom stereocenters. The molecule has 0 heterocycles. The first-order valence-corrected chi connectivity index (χ1v) is 9.61. The van der Waals surface area contributed by atoms with Crippen LogP contribution in [0.5, 0.6) is 5.75 Å². The van der Waals surface area contributed by atoms with Crippen molar-refractivity contribution < 1.29 is 9.53 Å². The Hall–Kier alpha value is -2.62. The van der Waals surface area contributed by atoms with Crippen molar-refractivity contribution in [2.45, 2.75) is 53.1 Å². The first-order chi connectivity index (χ1) is 12.9. The lowest BCUT2D eigenvalue weighted by molar-refractivity contribution is 0.0954. The Labute approximate surface area is 161 Å². The van der Waals surface area contributed by atoms with Crippen molar-refractivity contribution in [3.8, 4) is 5.75 Å². The number of benzene rings is 2. The summed E-state index contributed by atoms with van der Waals surface area (Å²) in [6.45, 7) is 8.84. The van der Waals surface area contributed by atoms with E-state index in [0.717, 1.165) is 17.0 Å². The molecule has 0 aromatic heterocycles. The van der Waals surface area contributed by atoms with Gasteiger partial charge in [0.2, 0.25) is 0 Å². The summed E-state index contributed by atoms with van der Waals surface area (Å²) in [6, 6.07) is 13.8. The van der Waals surface area contributed by atoms with E-state index in [-0.39, 0.29) is 5.91 Å². The van der Waals surface area contributed by atoms with Crippen LogP contribution >= 0.6 is 0 Å². The lowest BCUT2D eigenvalue weighted by Crippen LogP contribution is -2.19. The summed E-state index contributed by atoms with van der Waals surface area (Å²) in [5.74, 6) is 1.72. The third-order valence-electron chi connectivity index (χ3n) is 4.90. The summed E-state index contributed by atoms with van der Waals surface area (Å²) in [5, 5.41) is 4.19. The van der Waals surface area contributed by atoms with Crippen molar-refractivity contribution in [1.29, 1.82) is 0 Å². The van der Waals surface area contributed by atoms with Crippen LogP contribution in [0.4, 0.5) is 0 Å². The fraction of sp³-hybridized carbons (Fsp3) is 0.391. The van der Waals surface area contributed by atoms with Crippen molar-refractivity contribution >= 4 is 11.6 Å². The maximum absolute atomic E-state index is 12.2. The highest BCUT2D eigenvalue weighted by Crippen LogP contribution is 2.30.